The Balaban J connectivity index is 2.97. The lowest BCUT2D eigenvalue weighted by molar-refractivity contribution is 0.319. The second-order valence-electron chi connectivity index (χ2n) is 2.64. The van der Waals surface area contributed by atoms with Crippen LogP contribution in [0.5, 0.6) is 0 Å². The van der Waals surface area contributed by atoms with E-state index >= 15 is 0 Å². The molecule has 0 aromatic heterocycles. The molecular formula is C8H9NO4S. The molecule has 76 valence electrons. The maximum Gasteiger partial charge on any atom is 0.270 e. The van der Waals surface area contributed by atoms with Crippen molar-refractivity contribution in [2.75, 3.05) is 5.75 Å². The number of hydrogen-bond donors (Lipinski definition) is 2. The van der Waals surface area contributed by atoms with E-state index in [4.69, 9.17) is 9.76 Å². The molecule has 0 aliphatic heterocycles. The largest absolute Gasteiger partial charge is 0.411 e. The molecule has 0 bridgehead atoms. The average molecular weight is 215 g/mol. The molecule has 5 nitrogen and oxygen atoms in total. The van der Waals surface area contributed by atoms with Gasteiger partial charge in [0.15, 0.2) is 0 Å². The van der Waals surface area contributed by atoms with Crippen LogP contribution in [0.15, 0.2) is 35.5 Å². The van der Waals surface area contributed by atoms with E-state index < -0.39 is 15.9 Å². The second-order valence-corrected chi connectivity index (χ2v) is 4.09. The van der Waals surface area contributed by atoms with E-state index in [1.807, 2.05) is 0 Å². The fourth-order valence-corrected chi connectivity index (χ4v) is 1.54. The Morgan fingerprint density at radius 2 is 1.86 bits per heavy atom. The van der Waals surface area contributed by atoms with Crippen molar-refractivity contribution in [3.63, 3.8) is 0 Å². The van der Waals surface area contributed by atoms with Gasteiger partial charge in [0.2, 0.25) is 0 Å². The summed E-state index contributed by atoms with van der Waals surface area (Å²) in [6.07, 6.45) is 0. The lowest BCUT2D eigenvalue weighted by atomic mass is 10.1. The van der Waals surface area contributed by atoms with Gasteiger partial charge >= 0.3 is 0 Å². The number of benzene rings is 1. The molecule has 0 fully saturated rings. The minimum absolute atomic E-state index is 0.0897. The van der Waals surface area contributed by atoms with Gasteiger partial charge in [-0.15, -0.1) is 0 Å². The lowest BCUT2D eigenvalue weighted by Gasteiger charge is -2.01. The van der Waals surface area contributed by atoms with E-state index in [1.165, 1.54) is 0 Å². The standard InChI is InChI=1S/C8H9NO4S/c10-9-8(6-14(11,12)13)7-4-2-1-3-5-7/h1-5,10H,6H2,(H,11,12,13)/b9-8-. The van der Waals surface area contributed by atoms with Crippen LogP contribution in [-0.4, -0.2) is 29.6 Å². The Bertz CT molecular complexity index is 424. The van der Waals surface area contributed by atoms with E-state index in [1.54, 1.807) is 30.3 Å². The van der Waals surface area contributed by atoms with E-state index in [-0.39, 0.29) is 5.71 Å². The number of rotatable bonds is 3. The van der Waals surface area contributed by atoms with Crippen molar-refractivity contribution in [1.82, 2.24) is 0 Å². The third-order valence-corrected chi connectivity index (χ3v) is 2.19. The van der Waals surface area contributed by atoms with Gasteiger partial charge in [0.25, 0.3) is 10.1 Å². The first-order valence-electron chi connectivity index (χ1n) is 3.74. The molecular weight excluding hydrogens is 206 g/mol. The fourth-order valence-electron chi connectivity index (χ4n) is 0.973. The molecule has 1 aromatic rings. The third kappa shape index (κ3) is 3.15. The van der Waals surface area contributed by atoms with E-state index in [0.29, 0.717) is 5.56 Å². The topological polar surface area (TPSA) is 87.0 Å². The summed E-state index contributed by atoms with van der Waals surface area (Å²) >= 11 is 0. The fraction of sp³-hybridized carbons (Fsp3) is 0.125. The van der Waals surface area contributed by atoms with Crippen LogP contribution in [0, 0.1) is 0 Å². The summed E-state index contributed by atoms with van der Waals surface area (Å²) in [4.78, 5) is 0. The Kier molecular flexibility index (Phi) is 3.21. The van der Waals surface area contributed by atoms with Gasteiger partial charge in [-0.2, -0.15) is 8.42 Å². The van der Waals surface area contributed by atoms with Crippen LogP contribution < -0.4 is 0 Å². The monoisotopic (exact) mass is 215 g/mol. The molecule has 2 N–H and O–H groups in total. The molecule has 0 saturated carbocycles. The summed E-state index contributed by atoms with van der Waals surface area (Å²) in [5.41, 5.74) is 0.362. The highest BCUT2D eigenvalue weighted by molar-refractivity contribution is 7.86. The van der Waals surface area contributed by atoms with Gasteiger partial charge in [-0.25, -0.2) is 0 Å². The van der Waals surface area contributed by atoms with E-state index in [9.17, 15) is 8.42 Å². The summed E-state index contributed by atoms with van der Waals surface area (Å²) in [5, 5.41) is 11.4. The molecule has 14 heavy (non-hydrogen) atoms. The minimum atomic E-state index is -4.17. The van der Waals surface area contributed by atoms with E-state index in [0.717, 1.165) is 0 Å². The van der Waals surface area contributed by atoms with Crippen LogP contribution in [-0.2, 0) is 10.1 Å². The van der Waals surface area contributed by atoms with Crippen molar-refractivity contribution < 1.29 is 18.2 Å². The van der Waals surface area contributed by atoms with Gasteiger partial charge in [-0.1, -0.05) is 35.5 Å². The van der Waals surface area contributed by atoms with Crippen molar-refractivity contribution in [2.24, 2.45) is 5.16 Å². The molecule has 1 rings (SSSR count). The van der Waals surface area contributed by atoms with Crippen molar-refractivity contribution >= 4 is 15.8 Å². The van der Waals surface area contributed by atoms with Crippen LogP contribution in [0.2, 0.25) is 0 Å². The summed E-state index contributed by atoms with van der Waals surface area (Å²) in [6.45, 7) is 0. The van der Waals surface area contributed by atoms with Crippen LogP contribution in [0.25, 0.3) is 0 Å². The summed E-state index contributed by atoms with van der Waals surface area (Å²) < 4.78 is 29.6. The van der Waals surface area contributed by atoms with Gasteiger partial charge in [0, 0.05) is 5.56 Å². The van der Waals surface area contributed by atoms with Gasteiger partial charge < -0.3 is 5.21 Å². The normalized spacial score (nSPS) is 12.8. The quantitative estimate of drug-likeness (QED) is 0.337. The molecule has 1 aromatic carbocycles. The van der Waals surface area contributed by atoms with Crippen molar-refractivity contribution in [2.45, 2.75) is 0 Å². The molecule has 0 amide bonds. The first-order chi connectivity index (χ1) is 6.53. The van der Waals surface area contributed by atoms with Gasteiger partial charge in [-0.3, -0.25) is 4.55 Å². The van der Waals surface area contributed by atoms with Gasteiger partial charge in [0.1, 0.15) is 11.5 Å². The van der Waals surface area contributed by atoms with Crippen molar-refractivity contribution in [3.8, 4) is 0 Å². The molecule has 6 heteroatoms. The highest BCUT2D eigenvalue weighted by Crippen LogP contribution is 2.02. The lowest BCUT2D eigenvalue weighted by Crippen LogP contribution is -2.16. The van der Waals surface area contributed by atoms with Crippen LogP contribution >= 0.6 is 0 Å². The predicted octanol–water partition coefficient (Wildman–Crippen LogP) is 0.753. The molecule has 0 unspecified atom stereocenters. The number of hydrogen-bond acceptors (Lipinski definition) is 4. The Hall–Kier alpha value is -1.40. The molecule has 0 radical (unpaired) electrons. The zero-order chi connectivity index (χ0) is 10.6. The zero-order valence-corrected chi connectivity index (χ0v) is 7.98. The highest BCUT2D eigenvalue weighted by Gasteiger charge is 2.13. The molecule has 0 saturated heterocycles. The molecule has 0 atom stereocenters. The summed E-state index contributed by atoms with van der Waals surface area (Å²) in [6, 6.07) is 8.25. The Labute approximate surface area is 81.4 Å². The predicted molar refractivity (Wildman–Crippen MR) is 51.2 cm³/mol. The maximum atomic E-state index is 10.5. The molecule has 0 heterocycles. The first kappa shape index (κ1) is 10.7. The molecule has 0 aliphatic rings. The van der Waals surface area contributed by atoms with Crippen LogP contribution in [0.1, 0.15) is 5.56 Å². The van der Waals surface area contributed by atoms with Crippen LogP contribution in [0.3, 0.4) is 0 Å². The average Bonchev–Trinajstić information content (AvgIpc) is 2.14. The molecule has 0 spiro atoms. The number of nitrogens with zero attached hydrogens (tertiary/aromatic N) is 1. The van der Waals surface area contributed by atoms with Crippen molar-refractivity contribution in [1.29, 1.82) is 0 Å². The van der Waals surface area contributed by atoms with E-state index in [2.05, 4.69) is 5.16 Å². The smallest absolute Gasteiger partial charge is 0.270 e. The molecule has 0 aliphatic carbocycles. The first-order valence-corrected chi connectivity index (χ1v) is 5.35. The highest BCUT2D eigenvalue weighted by atomic mass is 32.2. The maximum absolute atomic E-state index is 10.5. The van der Waals surface area contributed by atoms with Crippen molar-refractivity contribution in [3.05, 3.63) is 35.9 Å². The second kappa shape index (κ2) is 4.21. The third-order valence-electron chi connectivity index (χ3n) is 1.55. The summed E-state index contributed by atoms with van der Waals surface area (Å²) in [7, 11) is -4.17. The Morgan fingerprint density at radius 3 is 2.29 bits per heavy atom. The van der Waals surface area contributed by atoms with Gasteiger partial charge in [0.05, 0.1) is 0 Å². The SMILES string of the molecule is O=S(=O)(O)C/C(=N/O)c1ccccc1. The summed E-state index contributed by atoms with van der Waals surface area (Å²) in [5.74, 6) is -0.701. The minimum Gasteiger partial charge on any atom is -0.411 e. The number of oxime groups is 1. The zero-order valence-electron chi connectivity index (χ0n) is 7.16. The van der Waals surface area contributed by atoms with Gasteiger partial charge in [-0.05, 0) is 0 Å². The Morgan fingerprint density at radius 1 is 1.29 bits per heavy atom. The van der Waals surface area contributed by atoms with Crippen LogP contribution in [0.4, 0.5) is 0 Å².